The average Bonchev–Trinajstić information content (AvgIpc) is 2.61. The highest BCUT2D eigenvalue weighted by Gasteiger charge is 2.20. The summed E-state index contributed by atoms with van der Waals surface area (Å²) in [5.74, 6) is 0.0871. The second kappa shape index (κ2) is 6.10. The number of hydrogen-bond acceptors (Lipinski definition) is 3. The molecule has 0 spiro atoms. The van der Waals surface area contributed by atoms with Crippen molar-refractivity contribution in [3.8, 4) is 0 Å². The van der Waals surface area contributed by atoms with Crippen molar-refractivity contribution < 1.29 is 4.79 Å². The molecule has 2 heterocycles. The SMILES string of the molecule is O=C(c1ccc2c(Cl)c3c(nc2c1)CCCC3)N1CCNCC1. The van der Waals surface area contributed by atoms with Crippen molar-refractivity contribution in [1.82, 2.24) is 15.2 Å². The number of rotatable bonds is 1. The van der Waals surface area contributed by atoms with Gasteiger partial charge in [-0.25, -0.2) is 0 Å². The zero-order chi connectivity index (χ0) is 15.8. The molecule has 0 atom stereocenters. The lowest BCUT2D eigenvalue weighted by molar-refractivity contribution is 0.0736. The molecule has 1 aromatic carbocycles. The van der Waals surface area contributed by atoms with Gasteiger partial charge in [-0.2, -0.15) is 0 Å². The van der Waals surface area contributed by atoms with E-state index < -0.39 is 0 Å². The second-order valence-electron chi connectivity index (χ2n) is 6.33. The molecule has 1 fully saturated rings. The van der Waals surface area contributed by atoms with E-state index in [0.29, 0.717) is 5.56 Å². The molecule has 0 bridgehead atoms. The normalized spacial score (nSPS) is 18.0. The number of amides is 1. The third-order valence-corrected chi connectivity index (χ3v) is 5.28. The van der Waals surface area contributed by atoms with Crippen molar-refractivity contribution in [2.24, 2.45) is 0 Å². The number of hydrogen-bond donors (Lipinski definition) is 1. The Bertz CT molecular complexity index is 768. The molecule has 0 unspecified atom stereocenters. The first-order chi connectivity index (χ1) is 11.2. The molecule has 1 saturated heterocycles. The number of aromatic nitrogens is 1. The number of aryl methyl sites for hydroxylation is 1. The van der Waals surface area contributed by atoms with Gasteiger partial charge in [-0.05, 0) is 43.4 Å². The van der Waals surface area contributed by atoms with Gasteiger partial charge >= 0.3 is 0 Å². The summed E-state index contributed by atoms with van der Waals surface area (Å²) >= 11 is 6.60. The number of piperazine rings is 1. The molecule has 4 rings (SSSR count). The van der Waals surface area contributed by atoms with Crippen LogP contribution in [0.3, 0.4) is 0 Å². The Hall–Kier alpha value is -1.65. The van der Waals surface area contributed by atoms with E-state index in [9.17, 15) is 4.79 Å². The molecule has 4 nitrogen and oxygen atoms in total. The number of benzene rings is 1. The highest BCUT2D eigenvalue weighted by molar-refractivity contribution is 6.36. The van der Waals surface area contributed by atoms with Crippen LogP contribution in [-0.4, -0.2) is 42.0 Å². The lowest BCUT2D eigenvalue weighted by atomic mass is 9.94. The van der Waals surface area contributed by atoms with Gasteiger partial charge in [-0.15, -0.1) is 0 Å². The van der Waals surface area contributed by atoms with Gasteiger partial charge in [0.1, 0.15) is 0 Å². The topological polar surface area (TPSA) is 45.2 Å². The predicted octanol–water partition coefficient (Wildman–Crippen LogP) is 2.81. The summed E-state index contributed by atoms with van der Waals surface area (Å²) < 4.78 is 0. The number of carbonyl (C=O) groups excluding carboxylic acids is 1. The Balaban J connectivity index is 1.74. The van der Waals surface area contributed by atoms with Crippen molar-refractivity contribution in [2.45, 2.75) is 25.7 Å². The Morgan fingerprint density at radius 1 is 1.17 bits per heavy atom. The van der Waals surface area contributed by atoms with Crippen molar-refractivity contribution in [3.05, 3.63) is 40.0 Å². The van der Waals surface area contributed by atoms with E-state index in [0.717, 1.165) is 60.6 Å². The summed E-state index contributed by atoms with van der Waals surface area (Å²) in [6.45, 7) is 3.23. The van der Waals surface area contributed by atoms with Gasteiger partial charge in [0.05, 0.1) is 10.5 Å². The number of carbonyl (C=O) groups is 1. The highest BCUT2D eigenvalue weighted by Crippen LogP contribution is 2.33. The third-order valence-electron chi connectivity index (χ3n) is 4.84. The molecule has 1 aliphatic heterocycles. The van der Waals surface area contributed by atoms with Crippen LogP contribution in [0.5, 0.6) is 0 Å². The van der Waals surface area contributed by atoms with Crippen molar-refractivity contribution >= 4 is 28.4 Å². The number of nitrogens with zero attached hydrogens (tertiary/aromatic N) is 2. The largest absolute Gasteiger partial charge is 0.336 e. The van der Waals surface area contributed by atoms with E-state index in [-0.39, 0.29) is 5.91 Å². The monoisotopic (exact) mass is 329 g/mol. The maximum absolute atomic E-state index is 12.7. The van der Waals surface area contributed by atoms with Crippen LogP contribution < -0.4 is 5.32 Å². The fraction of sp³-hybridized carbons (Fsp3) is 0.444. The van der Waals surface area contributed by atoms with Crippen LogP contribution in [0.15, 0.2) is 18.2 Å². The first-order valence-electron chi connectivity index (χ1n) is 8.35. The maximum atomic E-state index is 12.7. The predicted molar refractivity (Wildman–Crippen MR) is 92.2 cm³/mol. The Labute approximate surface area is 140 Å². The minimum Gasteiger partial charge on any atom is -0.336 e. The summed E-state index contributed by atoms with van der Waals surface area (Å²) in [5.41, 5.74) is 3.86. The van der Waals surface area contributed by atoms with E-state index in [4.69, 9.17) is 16.6 Å². The van der Waals surface area contributed by atoms with Crippen molar-refractivity contribution in [2.75, 3.05) is 26.2 Å². The fourth-order valence-electron chi connectivity index (χ4n) is 3.55. The molecule has 2 aliphatic rings. The van der Waals surface area contributed by atoms with Crippen LogP contribution in [0, 0.1) is 0 Å². The molecule has 1 aliphatic carbocycles. The number of halogens is 1. The molecular weight excluding hydrogens is 310 g/mol. The molecule has 0 saturated carbocycles. The van der Waals surface area contributed by atoms with Crippen LogP contribution in [0.2, 0.25) is 5.02 Å². The summed E-state index contributed by atoms with van der Waals surface area (Å²) in [7, 11) is 0. The smallest absolute Gasteiger partial charge is 0.254 e. The first kappa shape index (κ1) is 14.9. The van der Waals surface area contributed by atoms with Gasteiger partial charge in [0.15, 0.2) is 0 Å². The van der Waals surface area contributed by atoms with Gasteiger partial charge in [0.2, 0.25) is 0 Å². The molecule has 0 radical (unpaired) electrons. The van der Waals surface area contributed by atoms with Gasteiger partial charge in [0, 0.05) is 42.8 Å². The van der Waals surface area contributed by atoms with Crippen molar-refractivity contribution in [1.29, 1.82) is 0 Å². The number of pyridine rings is 1. The Morgan fingerprint density at radius 2 is 1.96 bits per heavy atom. The fourth-order valence-corrected chi connectivity index (χ4v) is 3.91. The lowest BCUT2D eigenvalue weighted by Gasteiger charge is -2.27. The molecule has 1 aromatic heterocycles. The highest BCUT2D eigenvalue weighted by atomic mass is 35.5. The summed E-state index contributed by atoms with van der Waals surface area (Å²) in [5, 5.41) is 5.06. The molecule has 23 heavy (non-hydrogen) atoms. The summed E-state index contributed by atoms with van der Waals surface area (Å²) in [6, 6.07) is 5.74. The molecule has 5 heteroatoms. The van der Waals surface area contributed by atoms with Gasteiger partial charge in [0.25, 0.3) is 5.91 Å². The third kappa shape index (κ3) is 2.70. The molecule has 1 amide bonds. The van der Waals surface area contributed by atoms with Crippen LogP contribution in [0.25, 0.3) is 10.9 Å². The minimum absolute atomic E-state index is 0.0871. The van der Waals surface area contributed by atoms with Crippen LogP contribution in [0.4, 0.5) is 0 Å². The number of nitrogens with one attached hydrogen (secondary N) is 1. The lowest BCUT2D eigenvalue weighted by Crippen LogP contribution is -2.46. The standard InChI is InChI=1S/C18H20ClN3O/c19-17-13-3-1-2-4-15(13)21-16-11-12(5-6-14(16)17)18(23)22-9-7-20-8-10-22/h5-6,11,20H,1-4,7-10H2. The van der Waals surface area contributed by atoms with Crippen LogP contribution in [0.1, 0.15) is 34.5 Å². The van der Waals surface area contributed by atoms with Crippen molar-refractivity contribution in [3.63, 3.8) is 0 Å². The van der Waals surface area contributed by atoms with E-state index in [1.54, 1.807) is 0 Å². The van der Waals surface area contributed by atoms with Gasteiger partial charge in [-0.1, -0.05) is 17.7 Å². The number of fused-ring (bicyclic) bond motifs is 2. The van der Waals surface area contributed by atoms with Gasteiger partial charge in [-0.3, -0.25) is 9.78 Å². The Kier molecular flexibility index (Phi) is 3.95. The summed E-state index contributed by atoms with van der Waals surface area (Å²) in [4.78, 5) is 19.4. The summed E-state index contributed by atoms with van der Waals surface area (Å²) in [6.07, 6.45) is 4.35. The second-order valence-corrected chi connectivity index (χ2v) is 6.71. The Morgan fingerprint density at radius 3 is 2.78 bits per heavy atom. The average molecular weight is 330 g/mol. The van der Waals surface area contributed by atoms with Gasteiger partial charge < -0.3 is 10.2 Å². The zero-order valence-corrected chi connectivity index (χ0v) is 13.8. The van der Waals surface area contributed by atoms with Crippen LogP contribution in [-0.2, 0) is 12.8 Å². The van der Waals surface area contributed by atoms with E-state index >= 15 is 0 Å². The van der Waals surface area contributed by atoms with E-state index in [1.165, 1.54) is 18.4 Å². The molecule has 1 N–H and O–H groups in total. The zero-order valence-electron chi connectivity index (χ0n) is 13.1. The van der Waals surface area contributed by atoms with E-state index in [2.05, 4.69) is 5.32 Å². The maximum Gasteiger partial charge on any atom is 0.254 e. The first-order valence-corrected chi connectivity index (χ1v) is 8.73. The molecule has 120 valence electrons. The van der Waals surface area contributed by atoms with E-state index in [1.807, 2.05) is 23.1 Å². The quantitative estimate of drug-likeness (QED) is 0.875. The molecule has 2 aromatic rings. The molecular formula is C18H20ClN3O. The van der Waals surface area contributed by atoms with Crippen LogP contribution >= 0.6 is 11.6 Å². The minimum atomic E-state index is 0.0871.